The smallest absolute Gasteiger partial charge is 0.217 e. The van der Waals surface area contributed by atoms with Crippen molar-refractivity contribution in [1.29, 1.82) is 0 Å². The first-order valence-electron chi connectivity index (χ1n) is 9.32. The van der Waals surface area contributed by atoms with Crippen LogP contribution in [0.25, 0.3) is 11.3 Å². The third-order valence-electron chi connectivity index (χ3n) is 5.86. The van der Waals surface area contributed by atoms with E-state index in [1.54, 1.807) is 10.5 Å². The molecule has 2 unspecified atom stereocenters. The number of benzene rings is 1. The van der Waals surface area contributed by atoms with Crippen LogP contribution in [-0.2, 0) is 10.0 Å². The highest BCUT2D eigenvalue weighted by atomic mass is 35.5. The monoisotopic (exact) mass is 404 g/mol. The first kappa shape index (κ1) is 17.4. The van der Waals surface area contributed by atoms with Gasteiger partial charge in [-0.15, -0.1) is 0 Å². The van der Waals surface area contributed by atoms with Gasteiger partial charge >= 0.3 is 0 Å². The zero-order chi connectivity index (χ0) is 18.6. The van der Waals surface area contributed by atoms with Crippen LogP contribution in [0.4, 0.5) is 5.82 Å². The highest BCUT2D eigenvalue weighted by Gasteiger charge is 2.48. The van der Waals surface area contributed by atoms with Crippen LogP contribution in [0.3, 0.4) is 0 Å². The highest BCUT2D eigenvalue weighted by Crippen LogP contribution is 2.39. The van der Waals surface area contributed by atoms with E-state index in [1.165, 1.54) is 0 Å². The molecule has 3 heterocycles. The SMILES string of the molecule is O=S(=O)(C1CC1)N1CC2CN(c3cnc(-c4ccc(Cl)cc4)cn3)CC2C1. The van der Waals surface area contributed by atoms with Crippen LogP contribution < -0.4 is 4.90 Å². The Morgan fingerprint density at radius 3 is 2.15 bits per heavy atom. The van der Waals surface area contributed by atoms with E-state index in [-0.39, 0.29) is 5.25 Å². The molecule has 0 bridgehead atoms. The lowest BCUT2D eigenvalue weighted by Gasteiger charge is -2.22. The van der Waals surface area contributed by atoms with E-state index in [1.807, 2.05) is 30.5 Å². The molecule has 6 nitrogen and oxygen atoms in total. The minimum absolute atomic E-state index is 0.112. The number of hydrogen-bond acceptors (Lipinski definition) is 5. The molecule has 3 fully saturated rings. The van der Waals surface area contributed by atoms with Crippen LogP contribution in [0.5, 0.6) is 0 Å². The third-order valence-corrected chi connectivity index (χ3v) is 8.44. The van der Waals surface area contributed by atoms with E-state index in [4.69, 9.17) is 11.6 Å². The largest absolute Gasteiger partial charge is 0.355 e. The van der Waals surface area contributed by atoms with Gasteiger partial charge in [0, 0.05) is 36.8 Å². The van der Waals surface area contributed by atoms with Gasteiger partial charge in [-0.2, -0.15) is 0 Å². The summed E-state index contributed by atoms with van der Waals surface area (Å²) in [5, 5.41) is 0.586. The first-order chi connectivity index (χ1) is 13.0. The van der Waals surface area contributed by atoms with E-state index in [2.05, 4.69) is 14.9 Å². The van der Waals surface area contributed by atoms with Gasteiger partial charge < -0.3 is 4.90 Å². The molecule has 1 aromatic carbocycles. The average molecular weight is 405 g/mol. The Kier molecular flexibility index (Phi) is 4.14. The van der Waals surface area contributed by atoms with Gasteiger partial charge in [0.2, 0.25) is 10.0 Å². The number of aromatic nitrogens is 2. The molecule has 142 valence electrons. The minimum Gasteiger partial charge on any atom is -0.355 e. The van der Waals surface area contributed by atoms with Crippen LogP contribution in [0.2, 0.25) is 5.02 Å². The molecule has 1 aliphatic carbocycles. The van der Waals surface area contributed by atoms with Crippen LogP contribution in [0.1, 0.15) is 12.8 Å². The summed E-state index contributed by atoms with van der Waals surface area (Å²) in [6.07, 6.45) is 5.26. The molecule has 0 radical (unpaired) electrons. The molecule has 2 aliphatic heterocycles. The summed E-state index contributed by atoms with van der Waals surface area (Å²) in [5.74, 6) is 1.63. The fourth-order valence-corrected chi connectivity index (χ4v) is 6.25. The van der Waals surface area contributed by atoms with Gasteiger partial charge in [0.25, 0.3) is 0 Å². The van der Waals surface area contributed by atoms with Gasteiger partial charge in [-0.1, -0.05) is 23.7 Å². The van der Waals surface area contributed by atoms with Crippen LogP contribution in [0, 0.1) is 11.8 Å². The van der Waals surface area contributed by atoms with Crippen molar-refractivity contribution in [2.24, 2.45) is 11.8 Å². The second-order valence-electron chi connectivity index (χ2n) is 7.75. The van der Waals surface area contributed by atoms with Gasteiger partial charge in [-0.25, -0.2) is 17.7 Å². The molecular formula is C19H21ClN4O2S. The van der Waals surface area contributed by atoms with E-state index < -0.39 is 10.0 Å². The second kappa shape index (κ2) is 6.43. The van der Waals surface area contributed by atoms with E-state index in [9.17, 15) is 8.42 Å². The topological polar surface area (TPSA) is 66.4 Å². The van der Waals surface area contributed by atoms with E-state index in [0.29, 0.717) is 29.9 Å². The molecule has 8 heteroatoms. The summed E-state index contributed by atoms with van der Waals surface area (Å²) in [6.45, 7) is 2.99. The summed E-state index contributed by atoms with van der Waals surface area (Å²) >= 11 is 5.93. The summed E-state index contributed by atoms with van der Waals surface area (Å²) < 4.78 is 26.6. The second-order valence-corrected chi connectivity index (χ2v) is 10.4. The molecule has 2 saturated heterocycles. The van der Waals surface area contributed by atoms with Gasteiger partial charge in [-0.05, 0) is 36.8 Å². The van der Waals surface area contributed by atoms with Crippen molar-refractivity contribution < 1.29 is 8.42 Å². The Balaban J connectivity index is 1.26. The Hall–Kier alpha value is -1.70. The number of nitrogens with zero attached hydrogens (tertiary/aromatic N) is 4. The van der Waals surface area contributed by atoms with Crippen molar-refractivity contribution in [3.63, 3.8) is 0 Å². The van der Waals surface area contributed by atoms with Gasteiger partial charge in [-0.3, -0.25) is 4.98 Å². The lowest BCUT2D eigenvalue weighted by atomic mass is 10.0. The van der Waals surface area contributed by atoms with Crippen molar-refractivity contribution in [2.45, 2.75) is 18.1 Å². The molecule has 5 rings (SSSR count). The predicted octanol–water partition coefficient (Wildman–Crippen LogP) is 2.66. The number of halogens is 1. The maximum atomic E-state index is 12.5. The lowest BCUT2D eigenvalue weighted by Crippen LogP contribution is -2.35. The summed E-state index contributed by atoms with van der Waals surface area (Å²) in [5.41, 5.74) is 1.80. The maximum absolute atomic E-state index is 12.5. The third kappa shape index (κ3) is 3.22. The number of anilines is 1. The molecule has 0 spiro atoms. The predicted molar refractivity (Wildman–Crippen MR) is 105 cm³/mol. The van der Waals surface area contributed by atoms with Crippen LogP contribution >= 0.6 is 11.6 Å². The fraction of sp³-hybridized carbons (Fsp3) is 0.474. The molecule has 0 amide bonds. The first-order valence-corrected chi connectivity index (χ1v) is 11.2. The fourth-order valence-electron chi connectivity index (χ4n) is 4.18. The number of rotatable bonds is 4. The van der Waals surface area contributed by atoms with Crippen molar-refractivity contribution in [2.75, 3.05) is 31.1 Å². The highest BCUT2D eigenvalue weighted by molar-refractivity contribution is 7.90. The lowest BCUT2D eigenvalue weighted by molar-refractivity contribution is 0.452. The van der Waals surface area contributed by atoms with Crippen molar-refractivity contribution in [3.05, 3.63) is 41.7 Å². The molecular weight excluding hydrogens is 384 g/mol. The molecule has 3 aliphatic rings. The Labute approximate surface area is 164 Å². The number of fused-ring (bicyclic) bond motifs is 1. The zero-order valence-electron chi connectivity index (χ0n) is 14.8. The molecule has 2 aromatic rings. The van der Waals surface area contributed by atoms with Gasteiger partial charge in [0.05, 0.1) is 23.3 Å². The van der Waals surface area contributed by atoms with Crippen molar-refractivity contribution >= 4 is 27.4 Å². The summed E-state index contributed by atoms with van der Waals surface area (Å²) in [7, 11) is -3.05. The standard InChI is InChI=1S/C19H21ClN4O2S/c20-16-3-1-13(2-4-16)18-7-22-19(8-21-18)23-9-14-11-24(12-15(14)10-23)27(25,26)17-5-6-17/h1-4,7-8,14-15,17H,5-6,9-12H2. The van der Waals surface area contributed by atoms with Gasteiger partial charge in [0.15, 0.2) is 0 Å². The van der Waals surface area contributed by atoms with E-state index >= 15 is 0 Å². The Bertz CT molecular complexity index is 931. The number of hydrogen-bond donors (Lipinski definition) is 0. The van der Waals surface area contributed by atoms with E-state index in [0.717, 1.165) is 43.0 Å². The molecule has 2 atom stereocenters. The molecule has 27 heavy (non-hydrogen) atoms. The maximum Gasteiger partial charge on any atom is 0.217 e. The molecule has 0 N–H and O–H groups in total. The summed E-state index contributed by atoms with van der Waals surface area (Å²) in [6, 6.07) is 7.55. The minimum atomic E-state index is -3.05. The average Bonchev–Trinajstić information content (AvgIpc) is 3.34. The van der Waals surface area contributed by atoms with Crippen LogP contribution in [-0.4, -0.2) is 54.1 Å². The molecule has 1 saturated carbocycles. The quantitative estimate of drug-likeness (QED) is 0.783. The Morgan fingerprint density at radius 1 is 0.926 bits per heavy atom. The number of sulfonamides is 1. The zero-order valence-corrected chi connectivity index (χ0v) is 16.4. The summed E-state index contributed by atoms with van der Waals surface area (Å²) in [4.78, 5) is 11.4. The Morgan fingerprint density at radius 2 is 1.59 bits per heavy atom. The van der Waals surface area contributed by atoms with Gasteiger partial charge in [0.1, 0.15) is 5.82 Å². The van der Waals surface area contributed by atoms with Crippen molar-refractivity contribution in [1.82, 2.24) is 14.3 Å². The van der Waals surface area contributed by atoms with Crippen molar-refractivity contribution in [3.8, 4) is 11.3 Å². The van der Waals surface area contributed by atoms with Crippen LogP contribution in [0.15, 0.2) is 36.7 Å². The molecule has 1 aromatic heterocycles. The normalized spacial score (nSPS) is 25.7.